The van der Waals surface area contributed by atoms with Crippen LogP contribution in [0.4, 0.5) is 9.18 Å². The van der Waals surface area contributed by atoms with Gasteiger partial charge in [0.2, 0.25) is 5.91 Å². The van der Waals surface area contributed by atoms with Crippen molar-refractivity contribution in [1.29, 1.82) is 0 Å². The van der Waals surface area contributed by atoms with E-state index in [2.05, 4.69) is 21.2 Å². The molecule has 1 saturated heterocycles. The van der Waals surface area contributed by atoms with E-state index in [4.69, 9.17) is 4.74 Å². The zero-order valence-corrected chi connectivity index (χ0v) is 21.3. The molecular formula is C25H23BrFN3O4S. The molecule has 0 bridgehead atoms. The van der Waals surface area contributed by atoms with Crippen LogP contribution in [0.3, 0.4) is 0 Å². The van der Waals surface area contributed by atoms with Crippen molar-refractivity contribution in [3.8, 4) is 0 Å². The number of ether oxygens (including phenoxy) is 1. The molecule has 2 aromatic carbocycles. The minimum atomic E-state index is -0.477. The third-order valence-electron chi connectivity index (χ3n) is 5.48. The number of fused-ring (bicyclic) bond motifs is 1. The molecule has 0 saturated carbocycles. The number of nitrogens with zero attached hydrogens (tertiary/aromatic N) is 2. The molecule has 1 aliphatic rings. The molecule has 182 valence electrons. The second-order valence-corrected chi connectivity index (χ2v) is 9.84. The monoisotopic (exact) mass is 559 g/mol. The van der Waals surface area contributed by atoms with E-state index in [-0.39, 0.29) is 29.5 Å². The molecule has 7 nitrogen and oxygen atoms in total. The van der Waals surface area contributed by atoms with Crippen LogP contribution in [0.1, 0.15) is 17.5 Å². The van der Waals surface area contributed by atoms with Crippen LogP contribution in [0.15, 0.2) is 58.0 Å². The number of amides is 3. The first-order valence-corrected chi connectivity index (χ1v) is 12.5. The molecule has 0 unspecified atom stereocenters. The standard InChI is InChI=1S/C25H23BrFN3O4S/c1-34-10-4-9-28-23(31)15-29-13-17(19-12-18(26)7-8-21(19)29)11-22-24(32)30(25(33)35-22)14-16-5-2-3-6-20(16)27/h2-3,5-8,11-13H,4,9-10,14-15H2,1H3,(H,28,31)/b22-11-. The SMILES string of the molecule is COCCCNC(=O)Cn1cc(/C=C2\SC(=O)N(Cc3ccccc3F)C2=O)c2cc(Br)ccc21. The van der Waals surface area contributed by atoms with Crippen molar-refractivity contribution in [3.05, 3.63) is 75.0 Å². The zero-order chi connectivity index (χ0) is 24.9. The van der Waals surface area contributed by atoms with Gasteiger partial charge < -0.3 is 14.6 Å². The first-order valence-electron chi connectivity index (χ1n) is 10.9. The maximum Gasteiger partial charge on any atom is 0.293 e. The largest absolute Gasteiger partial charge is 0.385 e. The van der Waals surface area contributed by atoms with Gasteiger partial charge in [-0.2, -0.15) is 0 Å². The number of rotatable bonds is 9. The highest BCUT2D eigenvalue weighted by Gasteiger charge is 2.35. The van der Waals surface area contributed by atoms with Gasteiger partial charge in [-0.25, -0.2) is 4.39 Å². The summed E-state index contributed by atoms with van der Waals surface area (Å²) in [6, 6.07) is 11.7. The van der Waals surface area contributed by atoms with Crippen molar-refractivity contribution in [2.45, 2.75) is 19.5 Å². The number of carbonyl (C=O) groups excluding carboxylic acids is 3. The van der Waals surface area contributed by atoms with Gasteiger partial charge in [0.15, 0.2) is 0 Å². The normalized spacial score (nSPS) is 14.9. The average Bonchev–Trinajstić information content (AvgIpc) is 3.29. The lowest BCUT2D eigenvalue weighted by Crippen LogP contribution is -2.28. The summed E-state index contributed by atoms with van der Waals surface area (Å²) >= 11 is 4.29. The van der Waals surface area contributed by atoms with Crippen molar-refractivity contribution in [2.75, 3.05) is 20.3 Å². The molecule has 10 heteroatoms. The first-order chi connectivity index (χ1) is 16.9. The molecule has 0 aliphatic carbocycles. The number of aromatic nitrogens is 1. The van der Waals surface area contributed by atoms with Gasteiger partial charge in [0, 0.05) is 53.0 Å². The predicted molar refractivity (Wildman–Crippen MR) is 137 cm³/mol. The van der Waals surface area contributed by atoms with Gasteiger partial charge in [0.25, 0.3) is 11.1 Å². The third-order valence-corrected chi connectivity index (χ3v) is 6.88. The smallest absolute Gasteiger partial charge is 0.293 e. The topological polar surface area (TPSA) is 80.6 Å². The molecule has 1 N–H and O–H groups in total. The molecule has 3 aromatic rings. The number of imide groups is 1. The van der Waals surface area contributed by atoms with E-state index in [0.717, 1.165) is 38.5 Å². The third kappa shape index (κ3) is 5.83. The Morgan fingerprint density at radius 1 is 1.23 bits per heavy atom. The number of thioether (sulfide) groups is 1. The van der Waals surface area contributed by atoms with Crippen LogP contribution in [-0.4, -0.2) is 46.8 Å². The number of benzene rings is 2. The Hall–Kier alpha value is -2.95. The molecule has 0 spiro atoms. The number of carbonyl (C=O) groups is 3. The number of nitrogens with one attached hydrogen (secondary N) is 1. The van der Waals surface area contributed by atoms with E-state index in [9.17, 15) is 18.8 Å². The van der Waals surface area contributed by atoms with E-state index in [0.29, 0.717) is 18.7 Å². The van der Waals surface area contributed by atoms with Crippen LogP contribution in [0.5, 0.6) is 0 Å². The van der Waals surface area contributed by atoms with Crippen molar-refractivity contribution in [2.24, 2.45) is 0 Å². The Morgan fingerprint density at radius 2 is 2.03 bits per heavy atom. The number of halogens is 2. The molecule has 1 aromatic heterocycles. The molecule has 4 rings (SSSR count). The van der Waals surface area contributed by atoms with Gasteiger partial charge >= 0.3 is 0 Å². The van der Waals surface area contributed by atoms with Gasteiger partial charge in [0.1, 0.15) is 12.4 Å². The maximum atomic E-state index is 14.1. The second-order valence-electron chi connectivity index (χ2n) is 7.93. The summed E-state index contributed by atoms with van der Waals surface area (Å²) < 4.78 is 21.7. The van der Waals surface area contributed by atoms with Gasteiger partial charge in [-0.05, 0) is 48.5 Å². The van der Waals surface area contributed by atoms with E-state index < -0.39 is 17.0 Å². The Morgan fingerprint density at radius 3 is 2.80 bits per heavy atom. The number of methoxy groups -OCH3 is 1. The van der Waals surface area contributed by atoms with Gasteiger partial charge in [-0.15, -0.1) is 0 Å². The minimum absolute atomic E-state index is 0.105. The molecule has 35 heavy (non-hydrogen) atoms. The molecule has 3 amide bonds. The summed E-state index contributed by atoms with van der Waals surface area (Å²) in [6.45, 7) is 1.05. The first kappa shape index (κ1) is 25.2. The van der Waals surface area contributed by atoms with Crippen LogP contribution < -0.4 is 5.32 Å². The maximum absolute atomic E-state index is 14.1. The van der Waals surface area contributed by atoms with Crippen molar-refractivity contribution in [1.82, 2.24) is 14.8 Å². The van der Waals surface area contributed by atoms with Crippen LogP contribution >= 0.6 is 27.7 Å². The highest BCUT2D eigenvalue weighted by atomic mass is 79.9. The molecule has 0 atom stereocenters. The number of hydrogen-bond acceptors (Lipinski definition) is 5. The number of hydrogen-bond donors (Lipinski definition) is 1. The summed E-state index contributed by atoms with van der Waals surface area (Å²) in [7, 11) is 1.61. The predicted octanol–water partition coefficient (Wildman–Crippen LogP) is 4.93. The summed E-state index contributed by atoms with van der Waals surface area (Å²) in [5.74, 6) is -1.09. The Balaban J connectivity index is 1.58. The summed E-state index contributed by atoms with van der Waals surface area (Å²) in [5, 5.41) is 3.24. The van der Waals surface area contributed by atoms with Crippen LogP contribution in [-0.2, 0) is 27.4 Å². The molecule has 1 fully saturated rings. The summed E-state index contributed by atoms with van der Waals surface area (Å²) in [4.78, 5) is 39.3. The highest BCUT2D eigenvalue weighted by Crippen LogP contribution is 2.35. The van der Waals surface area contributed by atoms with Crippen LogP contribution in [0.25, 0.3) is 17.0 Å². The molecule has 2 heterocycles. The Kier molecular flexibility index (Phi) is 8.04. The Labute approximate surface area is 214 Å². The van der Waals surface area contributed by atoms with Crippen molar-refractivity contribution < 1.29 is 23.5 Å². The lowest BCUT2D eigenvalue weighted by atomic mass is 10.1. The van der Waals surface area contributed by atoms with E-state index in [1.54, 1.807) is 37.6 Å². The fraction of sp³-hybridized carbons (Fsp3) is 0.240. The van der Waals surface area contributed by atoms with Gasteiger partial charge in [-0.3, -0.25) is 19.3 Å². The second kappa shape index (κ2) is 11.2. The van der Waals surface area contributed by atoms with Gasteiger partial charge in [0.05, 0.1) is 11.4 Å². The summed E-state index contributed by atoms with van der Waals surface area (Å²) in [6.07, 6.45) is 4.15. The lowest BCUT2D eigenvalue weighted by molar-refractivity contribution is -0.123. The molecular weight excluding hydrogens is 537 g/mol. The van der Waals surface area contributed by atoms with Gasteiger partial charge in [-0.1, -0.05) is 34.1 Å². The van der Waals surface area contributed by atoms with E-state index >= 15 is 0 Å². The van der Waals surface area contributed by atoms with Crippen molar-refractivity contribution in [3.63, 3.8) is 0 Å². The average molecular weight is 560 g/mol. The highest BCUT2D eigenvalue weighted by molar-refractivity contribution is 9.10. The zero-order valence-electron chi connectivity index (χ0n) is 18.9. The lowest BCUT2D eigenvalue weighted by Gasteiger charge is -2.12. The quantitative estimate of drug-likeness (QED) is 0.297. The Bertz CT molecular complexity index is 1320. The summed E-state index contributed by atoms with van der Waals surface area (Å²) in [5.41, 5.74) is 1.79. The fourth-order valence-corrected chi connectivity index (χ4v) is 4.96. The van der Waals surface area contributed by atoms with Crippen LogP contribution in [0.2, 0.25) is 0 Å². The molecule has 1 aliphatic heterocycles. The fourth-order valence-electron chi connectivity index (χ4n) is 3.77. The van der Waals surface area contributed by atoms with Crippen molar-refractivity contribution >= 4 is 61.7 Å². The van der Waals surface area contributed by atoms with Crippen LogP contribution in [0, 0.1) is 5.82 Å². The van der Waals surface area contributed by atoms with E-state index in [1.165, 1.54) is 6.07 Å². The minimum Gasteiger partial charge on any atom is -0.385 e. The van der Waals surface area contributed by atoms with E-state index in [1.807, 2.05) is 22.8 Å². The molecule has 0 radical (unpaired) electrons.